The number of aliphatic hydroxyl groups excluding tert-OH is 1. The van der Waals surface area contributed by atoms with Crippen LogP contribution in [0.5, 0.6) is 0 Å². The molecule has 2 atom stereocenters. The molecule has 0 amide bonds. The standard InChI is InChI=1S/C23H23N2.C5H8O2.Ir/c1-23(2,3)19-12-17-18(13-24-19)25-22(14-7-5-4-6-8-14)21-16-10-9-15(11-16)20(17)21;1-4(6)3-5(2)7;/h4-7,12-13,15-16H,9-11H2,1-3H3;3,6H,1-2H3;/q-1;;. The number of rotatable bonds is 2. The fourth-order valence-corrected chi connectivity index (χ4v) is 5.02. The van der Waals surface area contributed by atoms with Gasteiger partial charge in [-0.2, -0.15) is 0 Å². The van der Waals surface area contributed by atoms with Crippen molar-refractivity contribution in [3.05, 3.63) is 71.3 Å². The van der Waals surface area contributed by atoms with Crippen LogP contribution in [0.2, 0.25) is 0 Å². The van der Waals surface area contributed by atoms with E-state index in [1.807, 2.05) is 18.3 Å². The zero-order valence-electron chi connectivity index (χ0n) is 19.9. The molecule has 3 aromatic rings. The predicted octanol–water partition coefficient (Wildman–Crippen LogP) is 6.79. The summed E-state index contributed by atoms with van der Waals surface area (Å²) in [6.45, 7) is 9.54. The quantitative estimate of drug-likeness (QED) is 0.195. The summed E-state index contributed by atoms with van der Waals surface area (Å²) >= 11 is 0. The third kappa shape index (κ3) is 5.26. The molecule has 2 aliphatic carbocycles. The molecule has 2 aromatic heterocycles. The van der Waals surface area contributed by atoms with Crippen LogP contribution in [0.3, 0.4) is 0 Å². The van der Waals surface area contributed by atoms with E-state index in [1.54, 1.807) is 5.56 Å². The van der Waals surface area contributed by atoms with Crippen LogP contribution in [0.4, 0.5) is 0 Å². The minimum Gasteiger partial charge on any atom is -0.512 e. The molecule has 33 heavy (non-hydrogen) atoms. The van der Waals surface area contributed by atoms with Gasteiger partial charge in [0, 0.05) is 42.7 Å². The average molecular weight is 620 g/mol. The van der Waals surface area contributed by atoms with Gasteiger partial charge in [-0.25, -0.2) is 0 Å². The normalized spacial score (nSPS) is 18.9. The summed E-state index contributed by atoms with van der Waals surface area (Å²) in [5, 5.41) is 9.70. The Kier molecular flexibility index (Phi) is 7.55. The first kappa shape index (κ1) is 25.3. The monoisotopic (exact) mass is 620 g/mol. The molecule has 1 aromatic carbocycles. The molecule has 1 fully saturated rings. The Morgan fingerprint density at radius 2 is 1.85 bits per heavy atom. The topological polar surface area (TPSA) is 63.1 Å². The third-order valence-electron chi connectivity index (χ3n) is 6.34. The van der Waals surface area contributed by atoms with Gasteiger partial charge in [-0.05, 0) is 62.3 Å². The van der Waals surface area contributed by atoms with Gasteiger partial charge in [-0.15, -0.1) is 35.9 Å². The summed E-state index contributed by atoms with van der Waals surface area (Å²) in [4.78, 5) is 19.8. The second kappa shape index (κ2) is 9.87. The van der Waals surface area contributed by atoms with Crippen LogP contribution in [0, 0.1) is 6.07 Å². The van der Waals surface area contributed by atoms with Gasteiger partial charge in [-0.3, -0.25) is 14.8 Å². The number of hydrogen-bond donors (Lipinski definition) is 1. The van der Waals surface area contributed by atoms with Crippen LogP contribution in [0.1, 0.15) is 82.5 Å². The summed E-state index contributed by atoms with van der Waals surface area (Å²) in [5.74, 6) is 1.31. The van der Waals surface area contributed by atoms with Gasteiger partial charge >= 0.3 is 0 Å². The number of carbonyl (C=O) groups is 1. The van der Waals surface area contributed by atoms with Crippen molar-refractivity contribution in [2.45, 2.75) is 71.1 Å². The van der Waals surface area contributed by atoms with Crippen LogP contribution >= 0.6 is 0 Å². The van der Waals surface area contributed by atoms with Crippen LogP contribution in [-0.2, 0) is 30.3 Å². The minimum atomic E-state index is -0.125. The number of aliphatic hydroxyl groups is 1. The van der Waals surface area contributed by atoms with E-state index < -0.39 is 0 Å². The molecule has 2 aliphatic rings. The number of ketones is 1. The number of carbonyl (C=O) groups excluding carboxylic acids is 1. The first-order chi connectivity index (χ1) is 15.1. The van der Waals surface area contributed by atoms with E-state index >= 15 is 0 Å². The van der Waals surface area contributed by atoms with Crippen molar-refractivity contribution in [1.82, 2.24) is 9.97 Å². The Hall–Kier alpha value is -2.36. The van der Waals surface area contributed by atoms with Crippen LogP contribution < -0.4 is 0 Å². The SMILES string of the molecule is CC(=O)C=C(C)O.CC(C)(C)c1cc2c3c(c(-c4[c-]cccc4)nc2cn1)C1CCC3C1.[Ir]. The maximum absolute atomic E-state index is 10.0. The van der Waals surface area contributed by atoms with E-state index in [9.17, 15) is 4.79 Å². The Labute approximate surface area is 209 Å². The van der Waals surface area contributed by atoms with Gasteiger partial charge in [0.25, 0.3) is 0 Å². The fraction of sp³-hybridized carbons (Fsp3) is 0.393. The summed E-state index contributed by atoms with van der Waals surface area (Å²) in [5.41, 5.74) is 7.56. The van der Waals surface area contributed by atoms with E-state index in [0.29, 0.717) is 11.8 Å². The van der Waals surface area contributed by atoms with E-state index in [-0.39, 0.29) is 37.1 Å². The third-order valence-corrected chi connectivity index (χ3v) is 6.34. The van der Waals surface area contributed by atoms with Gasteiger partial charge in [0.05, 0.1) is 17.5 Å². The minimum absolute atomic E-state index is 0. The number of hydrogen-bond acceptors (Lipinski definition) is 4. The molecule has 5 rings (SSSR count). The average Bonchev–Trinajstić information content (AvgIpc) is 3.35. The summed E-state index contributed by atoms with van der Waals surface area (Å²) in [7, 11) is 0. The van der Waals surface area contributed by atoms with Gasteiger partial charge < -0.3 is 5.11 Å². The van der Waals surface area contributed by atoms with Crippen molar-refractivity contribution in [3.8, 4) is 11.3 Å². The first-order valence-corrected chi connectivity index (χ1v) is 11.3. The van der Waals surface area contributed by atoms with Gasteiger partial charge in [0.15, 0.2) is 5.78 Å². The maximum atomic E-state index is 10.0. The van der Waals surface area contributed by atoms with Gasteiger partial charge in [0.1, 0.15) is 0 Å². The molecule has 5 heteroatoms. The fourth-order valence-electron chi connectivity index (χ4n) is 5.02. The van der Waals surface area contributed by atoms with Crippen molar-refractivity contribution < 1.29 is 30.0 Å². The number of nitrogens with zero attached hydrogens (tertiary/aromatic N) is 2. The molecular weight excluding hydrogens is 589 g/mol. The number of pyridine rings is 2. The second-order valence-corrected chi connectivity index (χ2v) is 10.0. The predicted molar refractivity (Wildman–Crippen MR) is 129 cm³/mol. The number of aromatic nitrogens is 2. The smallest absolute Gasteiger partial charge is 0.155 e. The number of fused-ring (bicyclic) bond motifs is 7. The largest absolute Gasteiger partial charge is 0.512 e. The molecule has 4 nitrogen and oxygen atoms in total. The number of allylic oxidation sites excluding steroid dienone is 2. The van der Waals surface area contributed by atoms with Crippen molar-refractivity contribution in [2.24, 2.45) is 0 Å². The Balaban J connectivity index is 0.000000337. The summed E-state index contributed by atoms with van der Waals surface area (Å²) in [6, 6.07) is 13.9. The van der Waals surface area contributed by atoms with Crippen molar-refractivity contribution >= 4 is 16.7 Å². The molecule has 0 saturated heterocycles. The molecule has 2 heterocycles. The van der Waals surface area contributed by atoms with E-state index in [2.05, 4.69) is 45.0 Å². The Bertz CT molecular complexity index is 1190. The van der Waals surface area contributed by atoms with E-state index in [4.69, 9.17) is 15.1 Å². The van der Waals surface area contributed by atoms with Crippen molar-refractivity contribution in [3.63, 3.8) is 0 Å². The number of benzene rings is 1. The van der Waals surface area contributed by atoms with Crippen molar-refractivity contribution in [1.29, 1.82) is 0 Å². The second-order valence-electron chi connectivity index (χ2n) is 10.0. The molecule has 0 spiro atoms. The van der Waals surface area contributed by atoms with Crippen LogP contribution in [0.25, 0.3) is 22.2 Å². The molecule has 1 radical (unpaired) electrons. The molecule has 1 N–H and O–H groups in total. The van der Waals surface area contributed by atoms with Crippen LogP contribution in [0.15, 0.2) is 48.4 Å². The molecule has 2 unspecified atom stereocenters. The molecular formula is C28H31IrN2O2-. The summed E-state index contributed by atoms with van der Waals surface area (Å²) < 4.78 is 0. The van der Waals surface area contributed by atoms with Crippen LogP contribution in [-0.4, -0.2) is 20.9 Å². The summed E-state index contributed by atoms with van der Waals surface area (Å²) in [6.07, 6.45) is 7.07. The first-order valence-electron chi connectivity index (χ1n) is 11.3. The van der Waals surface area contributed by atoms with Gasteiger partial charge in [-0.1, -0.05) is 26.3 Å². The molecule has 175 valence electrons. The molecule has 2 bridgehead atoms. The maximum Gasteiger partial charge on any atom is 0.155 e. The van der Waals surface area contributed by atoms with E-state index in [1.165, 1.54) is 50.1 Å². The Morgan fingerprint density at radius 3 is 2.39 bits per heavy atom. The van der Waals surface area contributed by atoms with E-state index in [0.717, 1.165) is 22.5 Å². The zero-order valence-corrected chi connectivity index (χ0v) is 22.3. The zero-order chi connectivity index (χ0) is 23.0. The molecule has 0 aliphatic heterocycles. The van der Waals surface area contributed by atoms with Crippen molar-refractivity contribution in [2.75, 3.05) is 0 Å². The molecule has 1 saturated carbocycles. The van der Waals surface area contributed by atoms with Gasteiger partial charge in [0.2, 0.25) is 0 Å². The Morgan fingerprint density at radius 1 is 1.15 bits per heavy atom.